The minimum Gasteiger partial charge on any atom is -0.493 e. The molecule has 2 N–H and O–H groups in total. The summed E-state index contributed by atoms with van der Waals surface area (Å²) in [5.74, 6) is 0.942. The van der Waals surface area contributed by atoms with Crippen molar-refractivity contribution in [1.29, 1.82) is 0 Å². The number of hydrogen-bond donors (Lipinski definition) is 2. The molecule has 0 aliphatic rings. The Hall–Kier alpha value is -2.49. The Bertz CT molecular complexity index is 691. The van der Waals surface area contributed by atoms with Crippen LogP contribution < -0.4 is 15.4 Å². The molecule has 0 aromatic heterocycles. The summed E-state index contributed by atoms with van der Waals surface area (Å²) in [4.78, 5) is 12.0. The number of aryl methyl sites for hydroxylation is 3. The molecular formula is C20H26N2O2. The largest absolute Gasteiger partial charge is 0.493 e. The quantitative estimate of drug-likeness (QED) is 0.767. The number of amides is 2. The van der Waals surface area contributed by atoms with E-state index < -0.39 is 0 Å². The van der Waals surface area contributed by atoms with Crippen LogP contribution in [0.5, 0.6) is 5.75 Å². The normalized spacial score (nSPS) is 10.3. The number of carbonyl (C=O) groups is 1. The van der Waals surface area contributed by atoms with Crippen LogP contribution in [0.25, 0.3) is 0 Å². The topological polar surface area (TPSA) is 50.4 Å². The fourth-order valence-electron chi connectivity index (χ4n) is 2.53. The molecule has 0 atom stereocenters. The summed E-state index contributed by atoms with van der Waals surface area (Å²) in [5.41, 5.74) is 5.37. The lowest BCUT2D eigenvalue weighted by Crippen LogP contribution is -2.30. The highest BCUT2D eigenvalue weighted by atomic mass is 16.5. The highest BCUT2D eigenvalue weighted by molar-refractivity contribution is 5.90. The van der Waals surface area contributed by atoms with Gasteiger partial charge in [0.15, 0.2) is 0 Å². The van der Waals surface area contributed by atoms with E-state index in [9.17, 15) is 4.79 Å². The Morgan fingerprint density at radius 3 is 2.29 bits per heavy atom. The van der Waals surface area contributed by atoms with Gasteiger partial charge in [-0.05, 0) is 62.4 Å². The fourth-order valence-corrected chi connectivity index (χ4v) is 2.53. The van der Waals surface area contributed by atoms with Gasteiger partial charge in [-0.2, -0.15) is 0 Å². The molecule has 0 saturated carbocycles. The smallest absolute Gasteiger partial charge is 0.319 e. The Labute approximate surface area is 144 Å². The van der Waals surface area contributed by atoms with Gasteiger partial charge in [-0.25, -0.2) is 4.79 Å². The molecule has 4 nitrogen and oxygen atoms in total. The second kappa shape index (κ2) is 8.39. The van der Waals surface area contributed by atoms with E-state index in [-0.39, 0.29) is 6.03 Å². The van der Waals surface area contributed by atoms with E-state index in [1.165, 1.54) is 0 Å². The zero-order valence-corrected chi connectivity index (χ0v) is 14.9. The van der Waals surface area contributed by atoms with Crippen molar-refractivity contribution in [2.75, 3.05) is 18.5 Å². The SMILES string of the molecule is Cc1cccc(NC(=O)NCCCOc2c(C)cccc2C)c1C. The van der Waals surface area contributed by atoms with E-state index in [4.69, 9.17) is 4.74 Å². The molecular weight excluding hydrogens is 300 g/mol. The second-order valence-electron chi connectivity index (χ2n) is 6.05. The highest BCUT2D eigenvalue weighted by Crippen LogP contribution is 2.22. The monoisotopic (exact) mass is 326 g/mol. The van der Waals surface area contributed by atoms with Crippen molar-refractivity contribution in [3.05, 3.63) is 58.7 Å². The van der Waals surface area contributed by atoms with Gasteiger partial charge in [0.25, 0.3) is 0 Å². The average molecular weight is 326 g/mol. The van der Waals surface area contributed by atoms with Gasteiger partial charge < -0.3 is 15.4 Å². The van der Waals surface area contributed by atoms with Crippen LogP contribution in [0, 0.1) is 27.7 Å². The van der Waals surface area contributed by atoms with Gasteiger partial charge >= 0.3 is 6.03 Å². The minimum absolute atomic E-state index is 0.184. The average Bonchev–Trinajstić information content (AvgIpc) is 2.54. The molecule has 2 rings (SSSR count). The first-order valence-corrected chi connectivity index (χ1v) is 8.29. The van der Waals surface area contributed by atoms with E-state index in [1.54, 1.807) is 0 Å². The molecule has 0 aliphatic heterocycles. The minimum atomic E-state index is -0.184. The van der Waals surface area contributed by atoms with Crippen molar-refractivity contribution in [2.24, 2.45) is 0 Å². The van der Waals surface area contributed by atoms with Crippen LogP contribution in [-0.4, -0.2) is 19.2 Å². The van der Waals surface area contributed by atoms with Gasteiger partial charge in [-0.1, -0.05) is 30.3 Å². The third kappa shape index (κ3) is 4.75. The van der Waals surface area contributed by atoms with Gasteiger partial charge in [-0.15, -0.1) is 0 Å². The van der Waals surface area contributed by atoms with E-state index >= 15 is 0 Å². The van der Waals surface area contributed by atoms with Crippen LogP contribution >= 0.6 is 0 Å². The van der Waals surface area contributed by atoms with Crippen LogP contribution in [0.3, 0.4) is 0 Å². The van der Waals surface area contributed by atoms with E-state index in [0.717, 1.165) is 40.1 Å². The summed E-state index contributed by atoms with van der Waals surface area (Å²) in [6.45, 7) is 9.26. The van der Waals surface area contributed by atoms with Gasteiger partial charge in [-0.3, -0.25) is 0 Å². The zero-order valence-electron chi connectivity index (χ0n) is 14.9. The first-order valence-electron chi connectivity index (χ1n) is 8.29. The lowest BCUT2D eigenvalue weighted by molar-refractivity contribution is 0.250. The van der Waals surface area contributed by atoms with Crippen molar-refractivity contribution in [3.8, 4) is 5.75 Å². The summed E-state index contributed by atoms with van der Waals surface area (Å²) >= 11 is 0. The van der Waals surface area contributed by atoms with Crippen LogP contribution in [-0.2, 0) is 0 Å². The standard InChI is InChI=1S/C20H26N2O2/c1-14-8-6-11-18(17(14)4)22-20(23)21-12-7-13-24-19-15(2)9-5-10-16(19)3/h5-6,8-11H,7,12-13H2,1-4H3,(H2,21,22,23). The highest BCUT2D eigenvalue weighted by Gasteiger charge is 2.06. The number of ether oxygens (including phenoxy) is 1. The fraction of sp³-hybridized carbons (Fsp3) is 0.350. The Balaban J connectivity index is 1.72. The number of carbonyl (C=O) groups excluding carboxylic acids is 1. The molecule has 0 bridgehead atoms. The second-order valence-corrected chi connectivity index (χ2v) is 6.05. The molecule has 2 aromatic rings. The Morgan fingerprint density at radius 2 is 1.58 bits per heavy atom. The summed E-state index contributed by atoms with van der Waals surface area (Å²) in [7, 11) is 0. The number of anilines is 1. The molecule has 128 valence electrons. The van der Waals surface area contributed by atoms with Crippen molar-refractivity contribution < 1.29 is 9.53 Å². The molecule has 24 heavy (non-hydrogen) atoms. The maximum atomic E-state index is 12.0. The van der Waals surface area contributed by atoms with E-state index in [0.29, 0.717) is 13.2 Å². The van der Waals surface area contributed by atoms with Gasteiger partial charge in [0.1, 0.15) is 5.75 Å². The van der Waals surface area contributed by atoms with Crippen LogP contribution in [0.15, 0.2) is 36.4 Å². The molecule has 0 saturated heterocycles. The van der Waals surface area contributed by atoms with Gasteiger partial charge in [0.2, 0.25) is 0 Å². The molecule has 0 radical (unpaired) electrons. The van der Waals surface area contributed by atoms with Crippen molar-refractivity contribution in [2.45, 2.75) is 34.1 Å². The number of rotatable bonds is 6. The van der Waals surface area contributed by atoms with Crippen molar-refractivity contribution in [1.82, 2.24) is 5.32 Å². The van der Waals surface area contributed by atoms with E-state index in [2.05, 4.69) is 10.6 Å². The van der Waals surface area contributed by atoms with Crippen LogP contribution in [0.4, 0.5) is 10.5 Å². The third-order valence-electron chi connectivity index (χ3n) is 4.11. The molecule has 2 amide bonds. The lowest BCUT2D eigenvalue weighted by atomic mass is 10.1. The predicted octanol–water partition coefficient (Wildman–Crippen LogP) is 4.51. The number of nitrogens with one attached hydrogen (secondary N) is 2. The van der Waals surface area contributed by atoms with E-state index in [1.807, 2.05) is 64.1 Å². The van der Waals surface area contributed by atoms with Crippen molar-refractivity contribution >= 4 is 11.7 Å². The predicted molar refractivity (Wildman–Crippen MR) is 99.0 cm³/mol. The van der Waals surface area contributed by atoms with Gasteiger partial charge in [0, 0.05) is 12.2 Å². The Kier molecular flexibility index (Phi) is 6.24. The number of benzene rings is 2. The number of hydrogen-bond acceptors (Lipinski definition) is 2. The molecule has 0 spiro atoms. The zero-order chi connectivity index (χ0) is 17.5. The molecule has 0 unspecified atom stereocenters. The van der Waals surface area contributed by atoms with Crippen LogP contribution in [0.2, 0.25) is 0 Å². The third-order valence-corrected chi connectivity index (χ3v) is 4.11. The molecule has 2 aromatic carbocycles. The maximum Gasteiger partial charge on any atom is 0.319 e. The summed E-state index contributed by atoms with van der Waals surface area (Å²) in [6, 6.07) is 11.8. The molecule has 0 aliphatic carbocycles. The first kappa shape index (κ1) is 17.9. The molecule has 0 fully saturated rings. The van der Waals surface area contributed by atoms with Crippen LogP contribution in [0.1, 0.15) is 28.7 Å². The number of urea groups is 1. The van der Waals surface area contributed by atoms with Gasteiger partial charge in [0.05, 0.1) is 6.61 Å². The number of para-hydroxylation sites is 1. The first-order chi connectivity index (χ1) is 11.5. The lowest BCUT2D eigenvalue weighted by Gasteiger charge is -2.13. The molecule has 4 heteroatoms. The summed E-state index contributed by atoms with van der Waals surface area (Å²) in [6.07, 6.45) is 0.758. The molecule has 0 heterocycles. The maximum absolute atomic E-state index is 12.0. The Morgan fingerprint density at radius 1 is 0.958 bits per heavy atom. The van der Waals surface area contributed by atoms with Crippen molar-refractivity contribution in [3.63, 3.8) is 0 Å². The summed E-state index contributed by atoms with van der Waals surface area (Å²) < 4.78 is 5.83. The summed E-state index contributed by atoms with van der Waals surface area (Å²) in [5, 5.41) is 5.75.